The van der Waals surface area contributed by atoms with Crippen LogP contribution in [-0.4, -0.2) is 23.4 Å². The largest absolute Gasteiger partial charge is 0.454 e. The normalized spacial score (nSPS) is 12.5. The monoisotopic (exact) mass is 368 g/mol. The first-order chi connectivity index (χ1) is 12.8. The van der Waals surface area contributed by atoms with E-state index in [2.05, 4.69) is 28.6 Å². The van der Waals surface area contributed by atoms with Gasteiger partial charge in [-0.2, -0.15) is 11.8 Å². The standard InChI is InChI=1S/C20H20N2O3S/c23-20(22-10-14-5-6-18-19(9-14)25-13-24-18)7-8-26-12-15-11-21-17-4-2-1-3-16(15)17/h1-6,9,11,21H,7-8,10,12-13H2,(H,22,23). The first kappa shape index (κ1) is 16.8. The van der Waals surface area contributed by atoms with Crippen LogP contribution in [0.4, 0.5) is 0 Å². The van der Waals surface area contributed by atoms with Crippen LogP contribution in [0.25, 0.3) is 10.9 Å². The summed E-state index contributed by atoms with van der Waals surface area (Å²) in [6.07, 6.45) is 2.56. The van der Waals surface area contributed by atoms with Gasteiger partial charge in [0.25, 0.3) is 0 Å². The predicted octanol–water partition coefficient (Wildman–Crippen LogP) is 3.84. The van der Waals surface area contributed by atoms with Gasteiger partial charge >= 0.3 is 0 Å². The van der Waals surface area contributed by atoms with E-state index in [9.17, 15) is 4.79 Å². The molecule has 134 valence electrons. The van der Waals surface area contributed by atoms with Crippen molar-refractivity contribution in [3.05, 3.63) is 59.8 Å². The molecular formula is C20H20N2O3S. The Bertz CT molecular complexity index is 922. The number of ether oxygens (including phenoxy) is 2. The number of fused-ring (bicyclic) bond motifs is 2. The zero-order valence-corrected chi connectivity index (χ0v) is 15.1. The third kappa shape index (κ3) is 3.80. The Labute approximate surface area is 156 Å². The van der Waals surface area contributed by atoms with Crippen molar-refractivity contribution in [3.8, 4) is 11.5 Å². The quantitative estimate of drug-likeness (QED) is 0.622. The number of para-hydroxylation sites is 1. The van der Waals surface area contributed by atoms with Gasteiger partial charge in [-0.3, -0.25) is 4.79 Å². The first-order valence-electron chi connectivity index (χ1n) is 8.57. The lowest BCUT2D eigenvalue weighted by Crippen LogP contribution is -2.22. The van der Waals surface area contributed by atoms with Gasteiger partial charge in [0, 0.05) is 41.6 Å². The highest BCUT2D eigenvalue weighted by Crippen LogP contribution is 2.32. The number of aromatic amines is 1. The third-order valence-corrected chi connectivity index (χ3v) is 5.34. The molecule has 0 fully saturated rings. The highest BCUT2D eigenvalue weighted by molar-refractivity contribution is 7.98. The highest BCUT2D eigenvalue weighted by Gasteiger charge is 2.13. The van der Waals surface area contributed by atoms with Gasteiger partial charge in [-0.1, -0.05) is 24.3 Å². The molecule has 3 aromatic rings. The Balaban J connectivity index is 1.20. The van der Waals surface area contributed by atoms with Crippen molar-refractivity contribution < 1.29 is 14.3 Å². The Morgan fingerprint density at radius 2 is 2.04 bits per heavy atom. The van der Waals surface area contributed by atoms with Gasteiger partial charge in [0.2, 0.25) is 12.7 Å². The van der Waals surface area contributed by atoms with Gasteiger partial charge in [-0.25, -0.2) is 0 Å². The predicted molar refractivity (Wildman–Crippen MR) is 103 cm³/mol. The summed E-state index contributed by atoms with van der Waals surface area (Å²) < 4.78 is 10.6. The molecule has 0 bridgehead atoms. The van der Waals surface area contributed by atoms with Crippen LogP contribution in [0.5, 0.6) is 11.5 Å². The third-order valence-electron chi connectivity index (χ3n) is 4.33. The van der Waals surface area contributed by atoms with Crippen molar-refractivity contribution in [2.75, 3.05) is 12.5 Å². The van der Waals surface area contributed by atoms with E-state index in [-0.39, 0.29) is 12.7 Å². The van der Waals surface area contributed by atoms with Gasteiger partial charge in [-0.05, 0) is 29.3 Å². The maximum atomic E-state index is 12.0. The molecule has 0 saturated carbocycles. The molecular weight excluding hydrogens is 348 g/mol. The number of hydrogen-bond acceptors (Lipinski definition) is 4. The first-order valence-corrected chi connectivity index (χ1v) is 9.73. The number of H-pyrrole nitrogens is 1. The molecule has 6 heteroatoms. The van der Waals surface area contributed by atoms with E-state index < -0.39 is 0 Å². The lowest BCUT2D eigenvalue weighted by Gasteiger charge is -2.06. The van der Waals surface area contributed by atoms with Crippen LogP contribution in [0.15, 0.2) is 48.7 Å². The maximum absolute atomic E-state index is 12.0. The maximum Gasteiger partial charge on any atom is 0.231 e. The topological polar surface area (TPSA) is 63.4 Å². The Morgan fingerprint density at radius 1 is 1.15 bits per heavy atom. The zero-order chi connectivity index (χ0) is 17.8. The van der Waals surface area contributed by atoms with E-state index in [1.54, 1.807) is 11.8 Å². The molecule has 1 aliphatic heterocycles. The average Bonchev–Trinajstić information content (AvgIpc) is 3.30. The van der Waals surface area contributed by atoms with Crippen molar-refractivity contribution >= 4 is 28.6 Å². The molecule has 0 spiro atoms. The van der Waals surface area contributed by atoms with Crippen molar-refractivity contribution in [3.63, 3.8) is 0 Å². The molecule has 4 rings (SSSR count). The van der Waals surface area contributed by atoms with Crippen LogP contribution in [-0.2, 0) is 17.1 Å². The molecule has 1 amide bonds. The number of rotatable bonds is 7. The number of carbonyl (C=O) groups excluding carboxylic acids is 1. The summed E-state index contributed by atoms with van der Waals surface area (Å²) in [5, 5.41) is 4.22. The minimum Gasteiger partial charge on any atom is -0.454 e. The molecule has 1 aromatic heterocycles. The number of aromatic nitrogens is 1. The van der Waals surface area contributed by atoms with E-state index >= 15 is 0 Å². The molecule has 0 aliphatic carbocycles. The summed E-state index contributed by atoms with van der Waals surface area (Å²) in [6, 6.07) is 14.0. The van der Waals surface area contributed by atoms with Crippen molar-refractivity contribution in [2.45, 2.75) is 18.7 Å². The molecule has 0 atom stereocenters. The molecule has 0 radical (unpaired) electrons. The zero-order valence-electron chi connectivity index (χ0n) is 14.3. The van der Waals surface area contributed by atoms with Gasteiger partial charge in [-0.15, -0.1) is 0 Å². The van der Waals surface area contributed by atoms with E-state index in [1.807, 2.05) is 30.3 Å². The second-order valence-corrected chi connectivity index (χ2v) is 7.23. The van der Waals surface area contributed by atoms with Crippen LogP contribution in [0.2, 0.25) is 0 Å². The van der Waals surface area contributed by atoms with Gasteiger partial charge in [0.05, 0.1) is 0 Å². The molecule has 0 saturated heterocycles. The lowest BCUT2D eigenvalue weighted by molar-refractivity contribution is -0.120. The van der Waals surface area contributed by atoms with Gasteiger partial charge in [0.1, 0.15) is 0 Å². The Hall–Kier alpha value is -2.60. The fourth-order valence-electron chi connectivity index (χ4n) is 2.94. The fourth-order valence-corrected chi connectivity index (χ4v) is 3.87. The summed E-state index contributed by atoms with van der Waals surface area (Å²) in [5.41, 5.74) is 3.45. The van der Waals surface area contributed by atoms with Crippen molar-refractivity contribution in [2.24, 2.45) is 0 Å². The molecule has 2 aromatic carbocycles. The minimum absolute atomic E-state index is 0.0640. The lowest BCUT2D eigenvalue weighted by atomic mass is 10.2. The summed E-state index contributed by atoms with van der Waals surface area (Å²) in [4.78, 5) is 15.3. The van der Waals surface area contributed by atoms with Crippen LogP contribution in [0.1, 0.15) is 17.5 Å². The SMILES string of the molecule is O=C(CCSCc1c[nH]c2ccccc12)NCc1ccc2c(c1)OCO2. The van der Waals surface area contributed by atoms with Crippen molar-refractivity contribution in [1.82, 2.24) is 10.3 Å². The van der Waals surface area contributed by atoms with Crippen LogP contribution in [0.3, 0.4) is 0 Å². The Morgan fingerprint density at radius 3 is 3.00 bits per heavy atom. The number of thioether (sulfide) groups is 1. The summed E-state index contributed by atoms with van der Waals surface area (Å²) in [7, 11) is 0. The van der Waals surface area contributed by atoms with Crippen LogP contribution >= 0.6 is 11.8 Å². The average molecular weight is 368 g/mol. The van der Waals surface area contributed by atoms with Gasteiger partial charge in [0.15, 0.2) is 11.5 Å². The van der Waals surface area contributed by atoms with Gasteiger partial charge < -0.3 is 19.8 Å². The molecule has 2 N–H and O–H groups in total. The van der Waals surface area contributed by atoms with E-state index in [0.29, 0.717) is 13.0 Å². The smallest absolute Gasteiger partial charge is 0.231 e. The van der Waals surface area contributed by atoms with Crippen LogP contribution < -0.4 is 14.8 Å². The summed E-state index contributed by atoms with van der Waals surface area (Å²) in [5.74, 6) is 3.26. The second-order valence-electron chi connectivity index (χ2n) is 6.13. The number of amides is 1. The molecule has 26 heavy (non-hydrogen) atoms. The van der Waals surface area contributed by atoms with E-state index in [4.69, 9.17) is 9.47 Å². The highest BCUT2D eigenvalue weighted by atomic mass is 32.2. The fraction of sp³-hybridized carbons (Fsp3) is 0.250. The number of nitrogens with one attached hydrogen (secondary N) is 2. The second kappa shape index (κ2) is 7.74. The molecule has 2 heterocycles. The molecule has 1 aliphatic rings. The molecule has 0 unspecified atom stereocenters. The number of carbonyl (C=O) groups is 1. The van der Waals surface area contributed by atoms with E-state index in [1.165, 1.54) is 10.9 Å². The Kier molecular flexibility index (Phi) is 5.02. The van der Waals surface area contributed by atoms with Crippen LogP contribution in [0, 0.1) is 0 Å². The summed E-state index contributed by atoms with van der Waals surface area (Å²) in [6.45, 7) is 0.765. The summed E-state index contributed by atoms with van der Waals surface area (Å²) >= 11 is 1.77. The number of benzene rings is 2. The minimum atomic E-state index is 0.0640. The van der Waals surface area contributed by atoms with Crippen molar-refractivity contribution in [1.29, 1.82) is 0 Å². The van der Waals surface area contributed by atoms with E-state index in [0.717, 1.165) is 34.1 Å². The molecule has 5 nitrogen and oxygen atoms in total. The number of hydrogen-bond donors (Lipinski definition) is 2.